The molecular weight excluding hydrogens is 386 g/mol. The molecule has 3 aromatic rings. The van der Waals surface area contributed by atoms with Crippen LogP contribution >= 0.6 is 0 Å². The maximum Gasteiger partial charge on any atom is 0.205 e. The highest BCUT2D eigenvalue weighted by Crippen LogP contribution is 2.21. The zero-order valence-corrected chi connectivity index (χ0v) is 16.7. The Morgan fingerprint density at radius 3 is 2.40 bits per heavy atom. The summed E-state index contributed by atoms with van der Waals surface area (Å²) in [5.74, 6) is -1.35. The molecule has 0 aliphatic carbocycles. The summed E-state index contributed by atoms with van der Waals surface area (Å²) in [7, 11) is 1.66. The smallest absolute Gasteiger partial charge is 0.205 e. The molecule has 0 spiro atoms. The third kappa shape index (κ3) is 5.89. The summed E-state index contributed by atoms with van der Waals surface area (Å²) in [6.07, 6.45) is 2.22. The quantitative estimate of drug-likeness (QED) is 0.319. The number of carbonyl (C=O) groups excluding carboxylic acids is 4. The number of rotatable bonds is 8. The van der Waals surface area contributed by atoms with E-state index in [4.69, 9.17) is 9.15 Å². The van der Waals surface area contributed by atoms with E-state index in [9.17, 15) is 19.2 Å². The lowest BCUT2D eigenvalue weighted by atomic mass is 9.99. The van der Waals surface area contributed by atoms with Gasteiger partial charge in [-0.25, -0.2) is 0 Å². The summed E-state index contributed by atoms with van der Waals surface area (Å²) >= 11 is 0. The minimum Gasteiger partial charge on any atom is -0.449 e. The number of aldehydes is 2. The minimum absolute atomic E-state index is 0.0218. The molecule has 0 saturated carbocycles. The van der Waals surface area contributed by atoms with E-state index in [1.807, 2.05) is 18.2 Å². The largest absolute Gasteiger partial charge is 0.449 e. The Kier molecular flexibility index (Phi) is 8.53. The Bertz CT molecular complexity index is 1020. The standard InChI is InChI=1S/C16H12O5.C7H9NO/c1-10-4-2-3-5-11(10)16(20)12-8-14(13(19)6-7-17)21-15(12)9-18;1-9-6-7-4-2-3-5-8-7/h2-5,7-9H,6H2,1H3;2-5H,6H2,1H3. The van der Waals surface area contributed by atoms with Crippen molar-refractivity contribution < 1.29 is 28.3 Å². The molecule has 0 N–H and O–H groups in total. The topological polar surface area (TPSA) is 104 Å². The molecule has 154 valence electrons. The number of carbonyl (C=O) groups is 4. The highest BCUT2D eigenvalue weighted by Gasteiger charge is 2.22. The number of Topliss-reactive ketones (excluding diaryl/α,β-unsaturated/α-hetero) is 1. The predicted octanol–water partition coefficient (Wildman–Crippen LogP) is 3.63. The van der Waals surface area contributed by atoms with Crippen molar-refractivity contribution in [2.75, 3.05) is 7.11 Å². The SMILES string of the molecule is COCc1ccccn1.Cc1ccccc1C(=O)c1cc(C(=O)CC=O)oc1C=O. The van der Waals surface area contributed by atoms with Gasteiger partial charge < -0.3 is 13.9 Å². The van der Waals surface area contributed by atoms with Crippen molar-refractivity contribution in [3.05, 3.63) is 88.6 Å². The second-order valence-electron chi connectivity index (χ2n) is 6.20. The molecule has 0 radical (unpaired) electrons. The Labute approximate surface area is 173 Å². The van der Waals surface area contributed by atoms with Crippen LogP contribution in [0.1, 0.15) is 54.7 Å². The molecule has 0 saturated heterocycles. The van der Waals surface area contributed by atoms with E-state index >= 15 is 0 Å². The third-order valence-electron chi connectivity index (χ3n) is 4.06. The number of pyridine rings is 1. The first-order chi connectivity index (χ1) is 14.5. The molecule has 0 aliphatic rings. The fourth-order valence-electron chi connectivity index (χ4n) is 2.59. The van der Waals surface area contributed by atoms with Crippen molar-refractivity contribution in [3.8, 4) is 0 Å². The average Bonchev–Trinajstić information content (AvgIpc) is 3.20. The van der Waals surface area contributed by atoms with Gasteiger partial charge in [-0.05, 0) is 30.7 Å². The number of hydrogen-bond acceptors (Lipinski definition) is 7. The molecule has 0 amide bonds. The number of hydrogen-bond donors (Lipinski definition) is 0. The van der Waals surface area contributed by atoms with Crippen molar-refractivity contribution in [3.63, 3.8) is 0 Å². The minimum atomic E-state index is -0.572. The number of furan rings is 1. The first kappa shape index (κ1) is 22.6. The van der Waals surface area contributed by atoms with Gasteiger partial charge in [-0.2, -0.15) is 0 Å². The van der Waals surface area contributed by atoms with E-state index in [2.05, 4.69) is 4.98 Å². The lowest BCUT2D eigenvalue weighted by Crippen LogP contribution is -2.04. The van der Waals surface area contributed by atoms with Gasteiger partial charge in [-0.1, -0.05) is 30.3 Å². The Morgan fingerprint density at radius 2 is 1.80 bits per heavy atom. The Balaban J connectivity index is 0.000000297. The van der Waals surface area contributed by atoms with Gasteiger partial charge >= 0.3 is 0 Å². The molecule has 1 aromatic carbocycles. The summed E-state index contributed by atoms with van der Waals surface area (Å²) < 4.78 is 9.93. The number of methoxy groups -OCH3 is 1. The van der Waals surface area contributed by atoms with E-state index in [1.165, 1.54) is 6.07 Å². The van der Waals surface area contributed by atoms with Crippen molar-refractivity contribution in [2.45, 2.75) is 20.0 Å². The fourth-order valence-corrected chi connectivity index (χ4v) is 2.59. The zero-order chi connectivity index (χ0) is 21.9. The Hall–Kier alpha value is -3.71. The maximum absolute atomic E-state index is 12.4. The van der Waals surface area contributed by atoms with Crippen LogP contribution in [-0.2, 0) is 16.1 Å². The average molecular weight is 407 g/mol. The second-order valence-corrected chi connectivity index (χ2v) is 6.20. The second kappa shape index (κ2) is 11.3. The first-order valence-electron chi connectivity index (χ1n) is 9.06. The molecule has 0 aliphatic heterocycles. The molecule has 0 bridgehead atoms. The van der Waals surface area contributed by atoms with Gasteiger partial charge in [-0.15, -0.1) is 0 Å². The molecule has 0 atom stereocenters. The molecule has 7 nitrogen and oxygen atoms in total. The summed E-state index contributed by atoms with van der Waals surface area (Å²) in [5.41, 5.74) is 2.17. The first-order valence-corrected chi connectivity index (χ1v) is 9.06. The van der Waals surface area contributed by atoms with Crippen LogP contribution in [0.25, 0.3) is 0 Å². The van der Waals surface area contributed by atoms with Crippen LogP contribution in [0.15, 0.2) is 59.1 Å². The highest BCUT2D eigenvalue weighted by molar-refractivity contribution is 6.14. The zero-order valence-electron chi connectivity index (χ0n) is 16.7. The fraction of sp³-hybridized carbons (Fsp3) is 0.174. The lowest BCUT2D eigenvalue weighted by molar-refractivity contribution is -0.107. The number of ether oxygens (including phenoxy) is 1. The van der Waals surface area contributed by atoms with E-state index in [1.54, 1.807) is 44.5 Å². The van der Waals surface area contributed by atoms with E-state index in [0.29, 0.717) is 24.7 Å². The van der Waals surface area contributed by atoms with E-state index < -0.39 is 11.6 Å². The van der Waals surface area contributed by atoms with Gasteiger partial charge in [0, 0.05) is 18.9 Å². The molecular formula is C23H21NO6. The van der Waals surface area contributed by atoms with Crippen LogP contribution in [0, 0.1) is 6.92 Å². The van der Waals surface area contributed by atoms with Gasteiger partial charge in [0.15, 0.2) is 23.6 Å². The van der Waals surface area contributed by atoms with Crippen LogP contribution < -0.4 is 0 Å². The molecule has 2 aromatic heterocycles. The number of aryl methyl sites for hydroxylation is 1. The van der Waals surface area contributed by atoms with Crippen LogP contribution in [0.2, 0.25) is 0 Å². The van der Waals surface area contributed by atoms with Gasteiger partial charge in [0.1, 0.15) is 6.29 Å². The number of benzene rings is 1. The van der Waals surface area contributed by atoms with Crippen molar-refractivity contribution in [1.82, 2.24) is 4.98 Å². The summed E-state index contributed by atoms with van der Waals surface area (Å²) in [6.45, 7) is 2.37. The summed E-state index contributed by atoms with van der Waals surface area (Å²) in [5, 5.41) is 0. The van der Waals surface area contributed by atoms with Crippen LogP contribution in [-0.4, -0.2) is 36.2 Å². The summed E-state index contributed by atoms with van der Waals surface area (Å²) in [6, 6.07) is 13.9. The number of aromatic nitrogens is 1. The molecule has 0 fully saturated rings. The van der Waals surface area contributed by atoms with Crippen LogP contribution in [0.5, 0.6) is 0 Å². The van der Waals surface area contributed by atoms with Gasteiger partial charge in [0.2, 0.25) is 5.78 Å². The monoisotopic (exact) mass is 407 g/mol. The number of nitrogens with zero attached hydrogens (tertiary/aromatic N) is 1. The van der Waals surface area contributed by atoms with Crippen molar-refractivity contribution in [2.24, 2.45) is 0 Å². The van der Waals surface area contributed by atoms with Crippen molar-refractivity contribution in [1.29, 1.82) is 0 Å². The highest BCUT2D eigenvalue weighted by atomic mass is 16.5. The molecule has 7 heteroatoms. The molecule has 2 heterocycles. The molecule has 0 unspecified atom stereocenters. The third-order valence-corrected chi connectivity index (χ3v) is 4.06. The van der Waals surface area contributed by atoms with Gasteiger partial charge in [-0.3, -0.25) is 19.4 Å². The Morgan fingerprint density at radius 1 is 1.07 bits per heavy atom. The molecule has 3 rings (SSSR count). The van der Waals surface area contributed by atoms with Gasteiger partial charge in [0.05, 0.1) is 24.3 Å². The lowest BCUT2D eigenvalue weighted by Gasteiger charge is -2.02. The van der Waals surface area contributed by atoms with Gasteiger partial charge in [0.25, 0.3) is 0 Å². The maximum atomic E-state index is 12.4. The van der Waals surface area contributed by atoms with E-state index in [-0.39, 0.29) is 23.5 Å². The van der Waals surface area contributed by atoms with Crippen LogP contribution in [0.3, 0.4) is 0 Å². The van der Waals surface area contributed by atoms with E-state index in [0.717, 1.165) is 11.3 Å². The molecule has 30 heavy (non-hydrogen) atoms. The van der Waals surface area contributed by atoms with Crippen molar-refractivity contribution >= 4 is 24.1 Å². The number of ketones is 2. The summed E-state index contributed by atoms with van der Waals surface area (Å²) in [4.78, 5) is 49.5. The van der Waals surface area contributed by atoms with Crippen LogP contribution in [0.4, 0.5) is 0 Å². The normalized spacial score (nSPS) is 9.93. The predicted molar refractivity (Wildman–Crippen MR) is 109 cm³/mol.